The zero-order valence-electron chi connectivity index (χ0n) is 19.4. The van der Waals surface area contributed by atoms with Gasteiger partial charge < -0.3 is 18.7 Å². The summed E-state index contributed by atoms with van der Waals surface area (Å²) in [6.45, 7) is 3.06. The van der Waals surface area contributed by atoms with Gasteiger partial charge >= 0.3 is 19.4 Å². The molecule has 1 saturated heterocycles. The van der Waals surface area contributed by atoms with Crippen LogP contribution < -0.4 is 20.9 Å². The van der Waals surface area contributed by atoms with Gasteiger partial charge in [-0.1, -0.05) is 18.2 Å². The van der Waals surface area contributed by atoms with Crippen LogP contribution >= 0.6 is 7.75 Å². The highest BCUT2D eigenvalue weighted by Crippen LogP contribution is 2.45. The lowest BCUT2D eigenvalue weighted by atomic mass is 10.3. The maximum Gasteiger partial charge on any atom is 0.459 e. The molecule has 13 heteroatoms. The van der Waals surface area contributed by atoms with E-state index in [1.807, 2.05) is 0 Å². The zero-order valence-corrected chi connectivity index (χ0v) is 20.3. The monoisotopic (exact) mass is 509 g/mol. The van der Waals surface area contributed by atoms with Crippen molar-refractivity contribution in [3.8, 4) is 5.75 Å². The maximum absolute atomic E-state index is 13.5. The van der Waals surface area contributed by atoms with Crippen molar-refractivity contribution in [3.63, 3.8) is 0 Å². The van der Waals surface area contributed by atoms with Crippen LogP contribution in [-0.4, -0.2) is 47.7 Å². The second-order valence-corrected chi connectivity index (χ2v) is 10.1. The number of rotatable bonds is 11. The number of carbonyl (C=O) groups is 1. The van der Waals surface area contributed by atoms with E-state index in [1.54, 1.807) is 37.3 Å². The molecular formula is C22H28N3O9P. The normalized spacial score (nSPS) is 22.3. The van der Waals surface area contributed by atoms with Gasteiger partial charge in [-0.05, 0) is 44.7 Å². The Morgan fingerprint density at radius 3 is 2.71 bits per heavy atom. The van der Waals surface area contributed by atoms with Crippen molar-refractivity contribution >= 4 is 13.7 Å². The molecule has 4 rings (SSSR count). The van der Waals surface area contributed by atoms with Gasteiger partial charge in [-0.15, -0.1) is 0 Å². The van der Waals surface area contributed by atoms with Crippen LogP contribution in [0, 0.1) is 12.8 Å². The number of ether oxygens (including phenoxy) is 3. The van der Waals surface area contributed by atoms with Crippen molar-refractivity contribution in [2.24, 2.45) is 5.92 Å². The quantitative estimate of drug-likeness (QED) is 0.340. The first-order valence-electron chi connectivity index (χ1n) is 11.3. The van der Waals surface area contributed by atoms with Crippen LogP contribution in [0.5, 0.6) is 5.75 Å². The van der Waals surface area contributed by atoms with Gasteiger partial charge in [-0.2, -0.15) is 5.09 Å². The van der Waals surface area contributed by atoms with Gasteiger partial charge in [-0.25, -0.2) is 9.36 Å². The number of para-hydroxylation sites is 1. The van der Waals surface area contributed by atoms with E-state index in [0.29, 0.717) is 18.1 Å². The molecule has 2 N–H and O–H groups in total. The van der Waals surface area contributed by atoms with Gasteiger partial charge in [0.1, 0.15) is 18.4 Å². The number of nitrogens with zero attached hydrogens (tertiary/aromatic N) is 1. The fourth-order valence-corrected chi connectivity index (χ4v) is 4.72. The molecule has 1 aliphatic heterocycles. The molecule has 12 nitrogen and oxygen atoms in total. The Morgan fingerprint density at radius 1 is 1.26 bits per heavy atom. The summed E-state index contributed by atoms with van der Waals surface area (Å²) in [6, 6.07) is 7.39. The summed E-state index contributed by atoms with van der Waals surface area (Å²) in [5.74, 6) is 0.0834. The molecule has 1 aromatic heterocycles. The molecule has 0 amide bonds. The van der Waals surface area contributed by atoms with E-state index in [9.17, 15) is 18.9 Å². The second-order valence-electron chi connectivity index (χ2n) is 8.45. The van der Waals surface area contributed by atoms with Crippen molar-refractivity contribution in [3.05, 3.63) is 62.9 Å². The molecule has 1 aliphatic carbocycles. The summed E-state index contributed by atoms with van der Waals surface area (Å²) in [4.78, 5) is 38.2. The number of H-pyrrole nitrogens is 1. The lowest BCUT2D eigenvalue weighted by Gasteiger charge is -2.23. The van der Waals surface area contributed by atoms with E-state index in [1.165, 1.54) is 17.7 Å². The van der Waals surface area contributed by atoms with Gasteiger partial charge in [0.15, 0.2) is 12.5 Å². The number of nitrogens with one attached hydrogen (secondary N) is 2. The number of carbonyl (C=O) groups excluding carboxylic acids is 1. The number of esters is 1. The largest absolute Gasteiger partial charge is 0.464 e. The highest BCUT2D eigenvalue weighted by Gasteiger charge is 2.36. The van der Waals surface area contributed by atoms with Crippen molar-refractivity contribution in [1.82, 2.24) is 14.6 Å². The van der Waals surface area contributed by atoms with Gasteiger partial charge in [0, 0.05) is 11.8 Å². The highest BCUT2D eigenvalue weighted by atomic mass is 31.2. The van der Waals surface area contributed by atoms with Crippen molar-refractivity contribution < 1.29 is 32.6 Å². The number of aromatic amines is 1. The Hall–Kier alpha value is -2.76. The van der Waals surface area contributed by atoms with Crippen LogP contribution in [0.25, 0.3) is 0 Å². The summed E-state index contributed by atoms with van der Waals surface area (Å²) in [7, 11) is -4.08. The van der Waals surface area contributed by atoms with Crippen molar-refractivity contribution in [1.29, 1.82) is 0 Å². The minimum Gasteiger partial charge on any atom is -0.464 e. The summed E-state index contributed by atoms with van der Waals surface area (Å²) >= 11 is 0. The molecule has 2 aromatic rings. The average Bonchev–Trinajstić information content (AvgIpc) is 3.54. The summed E-state index contributed by atoms with van der Waals surface area (Å²) in [6.07, 6.45) is 1.64. The van der Waals surface area contributed by atoms with E-state index in [4.69, 9.17) is 23.3 Å². The summed E-state index contributed by atoms with van der Waals surface area (Å²) < 4.78 is 42.3. The first kappa shape index (κ1) is 25.3. The Balaban J connectivity index is 1.39. The van der Waals surface area contributed by atoms with E-state index >= 15 is 0 Å². The molecule has 0 radical (unpaired) electrons. The summed E-state index contributed by atoms with van der Waals surface area (Å²) in [5, 5.41) is 2.61. The van der Waals surface area contributed by atoms with E-state index in [0.717, 1.165) is 12.8 Å². The maximum atomic E-state index is 13.5. The molecule has 1 saturated carbocycles. The van der Waals surface area contributed by atoms with Crippen LogP contribution in [-0.2, 0) is 28.1 Å². The molecule has 0 spiro atoms. The first-order valence-corrected chi connectivity index (χ1v) is 12.8. The van der Waals surface area contributed by atoms with E-state index in [2.05, 4.69) is 10.1 Å². The number of aromatic nitrogens is 2. The third-order valence-electron chi connectivity index (χ3n) is 5.40. The highest BCUT2D eigenvalue weighted by molar-refractivity contribution is 7.52. The fraction of sp³-hybridized carbons (Fsp3) is 0.500. The van der Waals surface area contributed by atoms with Gasteiger partial charge in [0.2, 0.25) is 0 Å². The van der Waals surface area contributed by atoms with Crippen LogP contribution in [0.2, 0.25) is 0 Å². The molecule has 0 bridgehead atoms. The van der Waals surface area contributed by atoms with Crippen LogP contribution in [0.3, 0.4) is 0 Å². The molecule has 4 atom stereocenters. The lowest BCUT2D eigenvalue weighted by Crippen LogP contribution is -2.36. The smallest absolute Gasteiger partial charge is 0.459 e. The van der Waals surface area contributed by atoms with Crippen LogP contribution in [0.4, 0.5) is 0 Å². The van der Waals surface area contributed by atoms with Crippen LogP contribution in [0.15, 0.2) is 46.1 Å². The van der Waals surface area contributed by atoms with Gasteiger partial charge in [-0.3, -0.25) is 23.7 Å². The molecule has 1 unspecified atom stereocenters. The number of hydrogen-bond donors (Lipinski definition) is 2. The summed E-state index contributed by atoms with van der Waals surface area (Å²) in [5.41, 5.74) is -0.797. The Kier molecular flexibility index (Phi) is 7.88. The minimum absolute atomic E-state index is 0.000580. The topological polar surface area (TPSA) is 147 Å². The van der Waals surface area contributed by atoms with E-state index in [-0.39, 0.29) is 19.0 Å². The molecule has 190 valence electrons. The zero-order chi connectivity index (χ0) is 25.0. The Morgan fingerprint density at radius 2 is 2.00 bits per heavy atom. The first-order chi connectivity index (χ1) is 16.7. The fourth-order valence-electron chi connectivity index (χ4n) is 3.25. The molecule has 35 heavy (non-hydrogen) atoms. The number of aryl methyl sites for hydroxylation is 1. The van der Waals surface area contributed by atoms with Crippen molar-refractivity contribution in [2.45, 2.75) is 45.2 Å². The third-order valence-corrected chi connectivity index (χ3v) is 7.05. The molecule has 2 fully saturated rings. The molecular weight excluding hydrogens is 481 g/mol. The third kappa shape index (κ3) is 6.89. The number of benzene rings is 1. The van der Waals surface area contributed by atoms with Crippen LogP contribution in [0.1, 0.15) is 31.6 Å². The Bertz CT molecular complexity index is 1190. The molecule has 1 aromatic carbocycles. The van der Waals surface area contributed by atoms with E-state index < -0.39 is 43.5 Å². The lowest BCUT2D eigenvalue weighted by molar-refractivity contribution is -0.145. The van der Waals surface area contributed by atoms with Crippen molar-refractivity contribution in [2.75, 3.05) is 19.8 Å². The Labute approximate surface area is 201 Å². The number of hydrogen-bond acceptors (Lipinski definition) is 9. The second kappa shape index (κ2) is 10.9. The molecule has 2 aliphatic rings. The molecule has 2 heterocycles. The predicted molar refractivity (Wildman–Crippen MR) is 123 cm³/mol. The minimum atomic E-state index is -4.08. The standard InChI is InChI=1S/C22H28N3O9P/c1-14-10-25(22(28)23-20(14)26)18-12-30-19(33-18)13-32-35(29,34-17-6-4-3-5-7-17)24-15(2)21(27)31-11-16-8-9-16/h3-7,10,15-16,18-19H,8-9,11-13H2,1-2H3,(H,24,29)(H,23,26,28)/t15-,18+,19+,35?/m0/s1. The predicted octanol–water partition coefficient (Wildman–Crippen LogP) is 1.85. The SMILES string of the molecule is Cc1cn([C@H]2CO[C@@H](COP(=O)(N[C@@H](C)C(=O)OCC3CC3)Oc3ccccc3)O2)c(=O)[nH]c1=O. The average molecular weight is 509 g/mol. The van der Waals surface area contributed by atoms with Gasteiger partial charge in [0.05, 0.1) is 13.2 Å². The van der Waals surface area contributed by atoms with Gasteiger partial charge in [0.25, 0.3) is 5.56 Å².